The van der Waals surface area contributed by atoms with Crippen molar-refractivity contribution in [3.05, 3.63) is 100 Å². The summed E-state index contributed by atoms with van der Waals surface area (Å²) in [5.74, 6) is -0.830. The number of carbonyl (C=O) groups is 1. The third kappa shape index (κ3) is 3.66. The first kappa shape index (κ1) is 21.0. The van der Waals surface area contributed by atoms with E-state index in [1.54, 1.807) is 24.3 Å². The maximum Gasteiger partial charge on any atom is 0.297 e. The van der Waals surface area contributed by atoms with E-state index in [-0.39, 0.29) is 23.2 Å². The molecule has 0 radical (unpaired) electrons. The first-order valence-corrected chi connectivity index (χ1v) is 11.8. The topological polar surface area (TPSA) is 69.7 Å². The number of fused-ring (bicyclic) bond motifs is 5. The van der Waals surface area contributed by atoms with Gasteiger partial charge in [0.05, 0.1) is 23.7 Å². The summed E-state index contributed by atoms with van der Waals surface area (Å²) in [7, 11) is -3.94. The standard InChI is InChI=1S/C25H21FO5S/c1-15-6-9-18(10-7-15)32(28,29)30-14-17-13-23-19-4-2-3-5-20(19)24(27)21-11-8-16(26)12-22(21)25(23)31-17/h2-12,17,23,25H,13-14H2,1H3/t17-,23-,25-/m1/s1. The molecule has 1 aliphatic carbocycles. The quantitative estimate of drug-likeness (QED) is 0.537. The highest BCUT2D eigenvalue weighted by Crippen LogP contribution is 2.49. The number of rotatable bonds is 4. The Labute approximate surface area is 185 Å². The zero-order valence-electron chi connectivity index (χ0n) is 17.3. The second-order valence-corrected chi connectivity index (χ2v) is 9.84. The Morgan fingerprint density at radius 2 is 1.72 bits per heavy atom. The third-order valence-corrected chi connectivity index (χ3v) is 7.41. The van der Waals surface area contributed by atoms with Crippen LogP contribution in [-0.4, -0.2) is 26.9 Å². The van der Waals surface area contributed by atoms with E-state index in [1.165, 1.54) is 30.3 Å². The fraction of sp³-hybridized carbons (Fsp3) is 0.240. The predicted molar refractivity (Wildman–Crippen MR) is 116 cm³/mol. The van der Waals surface area contributed by atoms with Gasteiger partial charge in [-0.05, 0) is 54.8 Å². The number of carbonyl (C=O) groups excluding carboxylic acids is 1. The van der Waals surface area contributed by atoms with Crippen molar-refractivity contribution in [3.8, 4) is 0 Å². The molecule has 3 aromatic rings. The Morgan fingerprint density at radius 1 is 1.00 bits per heavy atom. The van der Waals surface area contributed by atoms with Gasteiger partial charge in [-0.25, -0.2) is 4.39 Å². The number of ether oxygens (including phenoxy) is 1. The lowest BCUT2D eigenvalue weighted by Gasteiger charge is -2.19. The van der Waals surface area contributed by atoms with Crippen molar-refractivity contribution < 1.29 is 26.5 Å². The summed E-state index contributed by atoms with van der Waals surface area (Å²) in [5.41, 5.74) is 3.22. The van der Waals surface area contributed by atoms with Gasteiger partial charge >= 0.3 is 0 Å². The van der Waals surface area contributed by atoms with Gasteiger partial charge in [0.2, 0.25) is 0 Å². The van der Waals surface area contributed by atoms with Gasteiger partial charge in [-0.2, -0.15) is 8.42 Å². The Morgan fingerprint density at radius 3 is 2.50 bits per heavy atom. The van der Waals surface area contributed by atoms with Crippen LogP contribution >= 0.6 is 0 Å². The Kier molecular flexibility index (Phi) is 5.20. The Balaban J connectivity index is 1.44. The van der Waals surface area contributed by atoms with Gasteiger partial charge in [-0.15, -0.1) is 0 Å². The molecule has 0 saturated carbocycles. The molecule has 0 N–H and O–H groups in total. The molecule has 1 fully saturated rings. The zero-order chi connectivity index (χ0) is 22.5. The lowest BCUT2D eigenvalue weighted by molar-refractivity contribution is 0.0156. The van der Waals surface area contributed by atoms with Crippen LogP contribution in [0, 0.1) is 12.7 Å². The normalized spacial score (nSPS) is 22.1. The van der Waals surface area contributed by atoms with Crippen molar-refractivity contribution in [2.45, 2.75) is 36.4 Å². The van der Waals surface area contributed by atoms with Crippen molar-refractivity contribution in [2.24, 2.45) is 0 Å². The van der Waals surface area contributed by atoms with E-state index in [9.17, 15) is 17.6 Å². The highest BCUT2D eigenvalue weighted by molar-refractivity contribution is 7.86. The number of hydrogen-bond donors (Lipinski definition) is 0. The Bertz CT molecular complexity index is 1300. The van der Waals surface area contributed by atoms with E-state index in [0.29, 0.717) is 23.1 Å². The average Bonchev–Trinajstić information content (AvgIpc) is 3.18. The molecular formula is C25H21FO5S. The summed E-state index contributed by atoms with van der Waals surface area (Å²) < 4.78 is 50.7. The minimum Gasteiger partial charge on any atom is -0.367 e. The van der Waals surface area contributed by atoms with Crippen LogP contribution in [0.5, 0.6) is 0 Å². The van der Waals surface area contributed by atoms with E-state index in [0.717, 1.165) is 11.1 Å². The molecular weight excluding hydrogens is 431 g/mol. The SMILES string of the molecule is Cc1ccc(S(=O)(=O)OC[C@H]2C[C@@H]3c4ccccc4C(=O)c4ccc(F)cc4[C@H]3O2)cc1. The summed E-state index contributed by atoms with van der Waals surface area (Å²) in [6.07, 6.45) is -0.638. The lowest BCUT2D eigenvalue weighted by atomic mass is 9.87. The fourth-order valence-corrected chi connectivity index (χ4v) is 5.47. The zero-order valence-corrected chi connectivity index (χ0v) is 18.1. The molecule has 3 aromatic carbocycles. The summed E-state index contributed by atoms with van der Waals surface area (Å²) in [6.45, 7) is 1.71. The number of ketones is 1. The maximum atomic E-state index is 14.1. The molecule has 3 atom stereocenters. The highest BCUT2D eigenvalue weighted by Gasteiger charge is 2.43. The average molecular weight is 453 g/mol. The second-order valence-electron chi connectivity index (χ2n) is 8.22. The lowest BCUT2D eigenvalue weighted by Crippen LogP contribution is -2.19. The van der Waals surface area contributed by atoms with Crippen LogP contribution in [0.4, 0.5) is 4.39 Å². The van der Waals surface area contributed by atoms with E-state index in [1.807, 2.05) is 19.1 Å². The predicted octanol–water partition coefficient (Wildman–Crippen LogP) is 4.70. The number of hydrogen-bond acceptors (Lipinski definition) is 5. The number of aryl methyl sites for hydroxylation is 1. The van der Waals surface area contributed by atoms with Crippen LogP contribution in [0.25, 0.3) is 0 Å². The fourth-order valence-electron chi connectivity index (χ4n) is 4.54. The van der Waals surface area contributed by atoms with Crippen molar-refractivity contribution in [2.75, 3.05) is 6.61 Å². The molecule has 164 valence electrons. The van der Waals surface area contributed by atoms with Gasteiger partial charge in [0.15, 0.2) is 5.78 Å². The minimum atomic E-state index is -3.94. The van der Waals surface area contributed by atoms with E-state index >= 15 is 0 Å². The van der Waals surface area contributed by atoms with Crippen molar-refractivity contribution >= 4 is 15.9 Å². The molecule has 0 amide bonds. The molecule has 5 nitrogen and oxygen atoms in total. The molecule has 1 saturated heterocycles. The van der Waals surface area contributed by atoms with Crippen LogP contribution in [0.3, 0.4) is 0 Å². The molecule has 0 bridgehead atoms. The smallest absolute Gasteiger partial charge is 0.297 e. The monoisotopic (exact) mass is 452 g/mol. The summed E-state index contributed by atoms with van der Waals surface area (Å²) in [5, 5.41) is 0. The van der Waals surface area contributed by atoms with Gasteiger partial charge in [0, 0.05) is 17.0 Å². The maximum absolute atomic E-state index is 14.1. The minimum absolute atomic E-state index is 0.0821. The summed E-state index contributed by atoms with van der Waals surface area (Å²) in [6, 6.07) is 17.8. The first-order chi connectivity index (χ1) is 15.3. The molecule has 1 heterocycles. The van der Waals surface area contributed by atoms with E-state index < -0.39 is 28.1 Å². The molecule has 5 rings (SSSR count). The van der Waals surface area contributed by atoms with Crippen molar-refractivity contribution in [1.82, 2.24) is 0 Å². The van der Waals surface area contributed by atoms with Crippen LogP contribution in [0.1, 0.15) is 51.1 Å². The van der Waals surface area contributed by atoms with Crippen LogP contribution in [0.15, 0.2) is 71.6 Å². The molecule has 0 aromatic heterocycles. The summed E-state index contributed by atoms with van der Waals surface area (Å²) >= 11 is 0. The molecule has 7 heteroatoms. The molecule has 2 aliphatic rings. The van der Waals surface area contributed by atoms with Crippen LogP contribution in [0.2, 0.25) is 0 Å². The van der Waals surface area contributed by atoms with E-state index in [4.69, 9.17) is 8.92 Å². The Hall–Kier alpha value is -2.87. The second kappa shape index (κ2) is 7.92. The molecule has 1 aliphatic heterocycles. The molecule has 0 unspecified atom stereocenters. The van der Waals surface area contributed by atoms with Crippen LogP contribution < -0.4 is 0 Å². The van der Waals surface area contributed by atoms with Crippen LogP contribution in [-0.2, 0) is 19.0 Å². The van der Waals surface area contributed by atoms with E-state index in [2.05, 4.69) is 0 Å². The highest BCUT2D eigenvalue weighted by atomic mass is 32.2. The van der Waals surface area contributed by atoms with Gasteiger partial charge in [0.1, 0.15) is 5.82 Å². The largest absolute Gasteiger partial charge is 0.367 e. The number of halogens is 1. The first-order valence-electron chi connectivity index (χ1n) is 10.4. The molecule has 32 heavy (non-hydrogen) atoms. The third-order valence-electron chi connectivity index (χ3n) is 6.11. The van der Waals surface area contributed by atoms with Crippen molar-refractivity contribution in [1.29, 1.82) is 0 Å². The number of benzene rings is 3. The van der Waals surface area contributed by atoms with Crippen molar-refractivity contribution in [3.63, 3.8) is 0 Å². The molecule has 0 spiro atoms. The summed E-state index contributed by atoms with van der Waals surface area (Å²) in [4.78, 5) is 13.2. The van der Waals surface area contributed by atoms with Gasteiger partial charge in [0.25, 0.3) is 10.1 Å². The van der Waals surface area contributed by atoms with Gasteiger partial charge in [-0.1, -0.05) is 42.0 Å². The van der Waals surface area contributed by atoms with Gasteiger partial charge < -0.3 is 4.74 Å². The van der Waals surface area contributed by atoms with Gasteiger partial charge in [-0.3, -0.25) is 8.98 Å².